The lowest BCUT2D eigenvalue weighted by Crippen LogP contribution is -2.11. The lowest BCUT2D eigenvalue weighted by atomic mass is 10.1. The number of aryl methyl sites for hydroxylation is 1. The highest BCUT2D eigenvalue weighted by atomic mass is 19.1. The largest absolute Gasteiger partial charge is 0.485 e. The van der Waals surface area contributed by atoms with Gasteiger partial charge in [0.05, 0.1) is 0 Å². The Hall–Kier alpha value is -2.16. The molecule has 0 N–H and O–H groups in total. The Morgan fingerprint density at radius 1 is 1.16 bits per heavy atom. The van der Waals surface area contributed by atoms with Gasteiger partial charge in [0.1, 0.15) is 11.6 Å². The smallest absolute Gasteiger partial charge is 0.200 e. The zero-order valence-corrected chi connectivity index (χ0v) is 10.7. The Kier molecular flexibility index (Phi) is 4.29. The maximum absolute atomic E-state index is 13.0. The first-order valence-electron chi connectivity index (χ1n) is 6.19. The summed E-state index contributed by atoms with van der Waals surface area (Å²) < 4.78 is 18.4. The Morgan fingerprint density at radius 3 is 2.68 bits per heavy atom. The van der Waals surface area contributed by atoms with Gasteiger partial charge in [-0.05, 0) is 36.2 Å². The highest BCUT2D eigenvalue weighted by Gasteiger charge is 2.07. The Morgan fingerprint density at radius 2 is 1.95 bits per heavy atom. The van der Waals surface area contributed by atoms with Crippen molar-refractivity contribution in [2.24, 2.45) is 0 Å². The molecular formula is C16H15FO2. The number of carbonyl (C=O) groups excluding carboxylic acids is 1. The molecule has 0 aliphatic carbocycles. The van der Waals surface area contributed by atoms with Crippen molar-refractivity contribution >= 4 is 5.78 Å². The number of hydrogen-bond acceptors (Lipinski definition) is 2. The number of carbonyl (C=O) groups is 1. The molecule has 0 atom stereocenters. The predicted octanol–water partition coefficient (Wildman–Crippen LogP) is 3.65. The van der Waals surface area contributed by atoms with E-state index in [0.717, 1.165) is 12.0 Å². The molecule has 0 radical (unpaired) electrons. The molecule has 2 aromatic rings. The fraction of sp³-hybridized carbons (Fsp3) is 0.188. The number of benzene rings is 2. The highest BCUT2D eigenvalue weighted by Crippen LogP contribution is 2.14. The second kappa shape index (κ2) is 6.14. The molecule has 0 aliphatic rings. The first-order chi connectivity index (χ1) is 9.19. The molecule has 0 aliphatic heterocycles. The average Bonchev–Trinajstić information content (AvgIpc) is 2.45. The number of ether oxygens (including phenoxy) is 1. The van der Waals surface area contributed by atoms with E-state index in [2.05, 4.69) is 6.92 Å². The molecule has 98 valence electrons. The van der Waals surface area contributed by atoms with Crippen LogP contribution < -0.4 is 4.74 Å². The van der Waals surface area contributed by atoms with Gasteiger partial charge in [-0.1, -0.05) is 31.2 Å². The summed E-state index contributed by atoms with van der Waals surface area (Å²) in [5.74, 6) is 0.00401. The Balaban J connectivity index is 2.00. The van der Waals surface area contributed by atoms with E-state index in [4.69, 9.17) is 4.74 Å². The van der Waals surface area contributed by atoms with Crippen LogP contribution in [0.2, 0.25) is 0 Å². The molecule has 0 fully saturated rings. The van der Waals surface area contributed by atoms with Gasteiger partial charge >= 0.3 is 0 Å². The summed E-state index contributed by atoms with van der Waals surface area (Å²) >= 11 is 0. The van der Waals surface area contributed by atoms with Crippen LogP contribution in [0.5, 0.6) is 5.75 Å². The highest BCUT2D eigenvalue weighted by molar-refractivity contribution is 5.97. The van der Waals surface area contributed by atoms with Crippen LogP contribution in [0.3, 0.4) is 0 Å². The van der Waals surface area contributed by atoms with Gasteiger partial charge in [0.25, 0.3) is 0 Å². The molecule has 0 heterocycles. The molecular weight excluding hydrogens is 243 g/mol. The second-order valence-electron chi connectivity index (χ2n) is 4.22. The monoisotopic (exact) mass is 258 g/mol. The van der Waals surface area contributed by atoms with Gasteiger partial charge < -0.3 is 4.74 Å². The standard InChI is InChI=1S/C16H15FO2/c1-2-12-5-3-8-15(9-12)19-11-16(18)13-6-4-7-14(17)10-13/h3-10H,2,11H2,1H3. The summed E-state index contributed by atoms with van der Waals surface area (Å²) in [4.78, 5) is 11.8. The van der Waals surface area contributed by atoms with Crippen LogP contribution in [0.4, 0.5) is 4.39 Å². The van der Waals surface area contributed by atoms with Crippen LogP contribution >= 0.6 is 0 Å². The number of hydrogen-bond donors (Lipinski definition) is 0. The summed E-state index contributed by atoms with van der Waals surface area (Å²) in [6.07, 6.45) is 0.912. The minimum absolute atomic E-state index is 0.0867. The summed E-state index contributed by atoms with van der Waals surface area (Å²) in [5.41, 5.74) is 1.47. The molecule has 0 amide bonds. The van der Waals surface area contributed by atoms with Gasteiger partial charge in [-0.25, -0.2) is 4.39 Å². The van der Waals surface area contributed by atoms with E-state index in [1.165, 1.54) is 18.2 Å². The summed E-state index contributed by atoms with van der Waals surface area (Å²) in [6, 6.07) is 13.2. The van der Waals surface area contributed by atoms with E-state index in [9.17, 15) is 9.18 Å². The zero-order chi connectivity index (χ0) is 13.7. The first kappa shape index (κ1) is 13.3. The number of Topliss-reactive ketones (excluding diaryl/α,β-unsaturated/α-hetero) is 1. The van der Waals surface area contributed by atoms with Crippen molar-refractivity contribution in [2.75, 3.05) is 6.61 Å². The third-order valence-electron chi connectivity index (χ3n) is 2.82. The fourth-order valence-electron chi connectivity index (χ4n) is 1.75. The predicted molar refractivity (Wildman–Crippen MR) is 72.0 cm³/mol. The summed E-state index contributed by atoms with van der Waals surface area (Å²) in [7, 11) is 0. The van der Waals surface area contributed by atoms with E-state index < -0.39 is 5.82 Å². The molecule has 0 spiro atoms. The quantitative estimate of drug-likeness (QED) is 0.765. The number of rotatable bonds is 5. The SMILES string of the molecule is CCc1cccc(OCC(=O)c2cccc(F)c2)c1. The molecule has 0 bridgehead atoms. The fourth-order valence-corrected chi connectivity index (χ4v) is 1.75. The third-order valence-corrected chi connectivity index (χ3v) is 2.82. The van der Waals surface area contributed by atoms with Gasteiger partial charge in [0.15, 0.2) is 12.4 Å². The third kappa shape index (κ3) is 3.65. The molecule has 19 heavy (non-hydrogen) atoms. The minimum atomic E-state index is -0.418. The van der Waals surface area contributed by atoms with Crippen molar-refractivity contribution in [2.45, 2.75) is 13.3 Å². The van der Waals surface area contributed by atoms with Crippen molar-refractivity contribution in [1.82, 2.24) is 0 Å². The van der Waals surface area contributed by atoms with Gasteiger partial charge in [-0.15, -0.1) is 0 Å². The van der Waals surface area contributed by atoms with Crippen LogP contribution in [-0.4, -0.2) is 12.4 Å². The van der Waals surface area contributed by atoms with E-state index >= 15 is 0 Å². The molecule has 0 saturated heterocycles. The summed E-state index contributed by atoms with van der Waals surface area (Å²) in [6.45, 7) is 1.97. The molecule has 2 rings (SSSR count). The van der Waals surface area contributed by atoms with Crippen molar-refractivity contribution in [3.05, 3.63) is 65.5 Å². The molecule has 2 aromatic carbocycles. The van der Waals surface area contributed by atoms with Crippen molar-refractivity contribution in [3.63, 3.8) is 0 Å². The van der Waals surface area contributed by atoms with Gasteiger partial charge in [-0.2, -0.15) is 0 Å². The minimum Gasteiger partial charge on any atom is -0.485 e. The maximum atomic E-state index is 13.0. The lowest BCUT2D eigenvalue weighted by Gasteiger charge is -2.07. The lowest BCUT2D eigenvalue weighted by molar-refractivity contribution is 0.0921. The topological polar surface area (TPSA) is 26.3 Å². The van der Waals surface area contributed by atoms with E-state index in [-0.39, 0.29) is 12.4 Å². The maximum Gasteiger partial charge on any atom is 0.200 e. The van der Waals surface area contributed by atoms with Crippen molar-refractivity contribution in [3.8, 4) is 5.75 Å². The van der Waals surface area contributed by atoms with Crippen LogP contribution in [0.1, 0.15) is 22.8 Å². The van der Waals surface area contributed by atoms with Crippen LogP contribution in [-0.2, 0) is 6.42 Å². The Bertz CT molecular complexity index is 578. The van der Waals surface area contributed by atoms with Gasteiger partial charge in [-0.3, -0.25) is 4.79 Å². The molecule has 2 nitrogen and oxygen atoms in total. The number of ketones is 1. The van der Waals surface area contributed by atoms with E-state index in [1.807, 2.05) is 18.2 Å². The van der Waals surface area contributed by atoms with Gasteiger partial charge in [0.2, 0.25) is 0 Å². The van der Waals surface area contributed by atoms with Crippen molar-refractivity contribution < 1.29 is 13.9 Å². The molecule has 3 heteroatoms. The molecule has 0 saturated carbocycles. The number of halogens is 1. The first-order valence-corrected chi connectivity index (χ1v) is 6.19. The zero-order valence-electron chi connectivity index (χ0n) is 10.7. The molecule has 0 aromatic heterocycles. The summed E-state index contributed by atoms with van der Waals surface area (Å²) in [5, 5.41) is 0. The second-order valence-corrected chi connectivity index (χ2v) is 4.22. The van der Waals surface area contributed by atoms with Crippen LogP contribution in [0.25, 0.3) is 0 Å². The van der Waals surface area contributed by atoms with E-state index in [1.54, 1.807) is 12.1 Å². The van der Waals surface area contributed by atoms with Gasteiger partial charge in [0, 0.05) is 5.56 Å². The van der Waals surface area contributed by atoms with Crippen molar-refractivity contribution in [1.29, 1.82) is 0 Å². The van der Waals surface area contributed by atoms with Crippen LogP contribution in [0.15, 0.2) is 48.5 Å². The molecule has 0 unspecified atom stereocenters. The normalized spacial score (nSPS) is 10.2. The van der Waals surface area contributed by atoms with E-state index in [0.29, 0.717) is 11.3 Å². The Labute approximate surface area is 111 Å². The average molecular weight is 258 g/mol. The van der Waals surface area contributed by atoms with Crippen LogP contribution in [0, 0.1) is 5.82 Å².